The van der Waals surface area contributed by atoms with Crippen LogP contribution >= 0.6 is 11.6 Å². The third kappa shape index (κ3) is 5.19. The van der Waals surface area contributed by atoms with Crippen molar-refractivity contribution in [3.63, 3.8) is 0 Å². The van der Waals surface area contributed by atoms with Gasteiger partial charge in [0.2, 0.25) is 5.88 Å². The number of ether oxygens (including phenoxy) is 1. The van der Waals surface area contributed by atoms with Crippen molar-refractivity contribution in [1.29, 1.82) is 0 Å². The highest BCUT2D eigenvalue weighted by atomic mass is 35.5. The van der Waals surface area contributed by atoms with Gasteiger partial charge in [-0.25, -0.2) is 13.8 Å². The molecule has 0 aliphatic heterocycles. The molecular weight excluding hydrogens is 396 g/mol. The number of halogens is 3. The second-order valence-electron chi connectivity index (χ2n) is 7.98. The van der Waals surface area contributed by atoms with Crippen LogP contribution in [0.2, 0.25) is 5.02 Å². The van der Waals surface area contributed by atoms with E-state index in [0.29, 0.717) is 28.4 Å². The smallest absolute Gasteiger partial charge is 0.269 e. The summed E-state index contributed by atoms with van der Waals surface area (Å²) >= 11 is 6.03. The highest BCUT2D eigenvalue weighted by Gasteiger charge is 2.24. The van der Waals surface area contributed by atoms with Gasteiger partial charge in [0.25, 0.3) is 6.43 Å². The summed E-state index contributed by atoms with van der Waals surface area (Å²) in [6.07, 6.45) is 1.13. The minimum atomic E-state index is -2.73. The van der Waals surface area contributed by atoms with Crippen molar-refractivity contribution >= 4 is 22.5 Å². The third-order valence-corrected chi connectivity index (χ3v) is 4.78. The molecule has 2 heterocycles. The number of benzene rings is 1. The Labute approximate surface area is 174 Å². The van der Waals surface area contributed by atoms with Crippen molar-refractivity contribution in [3.05, 3.63) is 53.3 Å². The summed E-state index contributed by atoms with van der Waals surface area (Å²) < 4.78 is 33.1. The Kier molecular flexibility index (Phi) is 6.34. The van der Waals surface area contributed by atoms with Crippen molar-refractivity contribution in [2.45, 2.75) is 39.2 Å². The van der Waals surface area contributed by atoms with Gasteiger partial charge in [0, 0.05) is 33.9 Å². The van der Waals surface area contributed by atoms with Gasteiger partial charge >= 0.3 is 0 Å². The molecule has 29 heavy (non-hydrogen) atoms. The van der Waals surface area contributed by atoms with E-state index < -0.39 is 12.0 Å². The van der Waals surface area contributed by atoms with Gasteiger partial charge < -0.3 is 10.5 Å². The summed E-state index contributed by atoms with van der Waals surface area (Å²) in [5.74, 6) is 0.276. The second kappa shape index (κ2) is 8.59. The SMILES string of the molecule is CC(C)C[C@](C)(N)COc1ncc(-c2ccnc3cc(Cl)ccc23)cc1C(F)F. The first-order valence-electron chi connectivity index (χ1n) is 9.41. The molecule has 0 amide bonds. The van der Waals surface area contributed by atoms with E-state index in [0.717, 1.165) is 10.9 Å². The molecule has 154 valence electrons. The summed E-state index contributed by atoms with van der Waals surface area (Å²) in [6.45, 7) is 6.05. The molecule has 0 saturated heterocycles. The molecule has 1 aromatic carbocycles. The van der Waals surface area contributed by atoms with Crippen LogP contribution in [0.3, 0.4) is 0 Å². The maximum absolute atomic E-state index is 13.7. The predicted octanol–water partition coefficient (Wildman–Crippen LogP) is 6.03. The van der Waals surface area contributed by atoms with Gasteiger partial charge in [-0.1, -0.05) is 31.5 Å². The van der Waals surface area contributed by atoms with Crippen molar-refractivity contribution in [1.82, 2.24) is 9.97 Å². The maximum Gasteiger partial charge on any atom is 0.269 e. The molecule has 0 aliphatic carbocycles. The molecule has 0 radical (unpaired) electrons. The third-order valence-electron chi connectivity index (χ3n) is 4.54. The molecule has 3 rings (SSSR count). The fourth-order valence-electron chi connectivity index (χ4n) is 3.49. The Balaban J connectivity index is 1.95. The first kappa shape index (κ1) is 21.4. The number of hydrogen-bond acceptors (Lipinski definition) is 4. The van der Waals surface area contributed by atoms with Crippen LogP contribution in [0, 0.1) is 5.92 Å². The number of alkyl halides is 2. The van der Waals surface area contributed by atoms with E-state index >= 15 is 0 Å². The molecule has 2 aromatic heterocycles. The van der Waals surface area contributed by atoms with E-state index in [1.165, 1.54) is 12.3 Å². The zero-order chi connectivity index (χ0) is 21.2. The number of aromatic nitrogens is 2. The van der Waals surface area contributed by atoms with Crippen LogP contribution in [-0.2, 0) is 0 Å². The second-order valence-corrected chi connectivity index (χ2v) is 8.42. The summed E-state index contributed by atoms with van der Waals surface area (Å²) in [4.78, 5) is 8.47. The highest BCUT2D eigenvalue weighted by Crippen LogP contribution is 2.34. The topological polar surface area (TPSA) is 61.0 Å². The highest BCUT2D eigenvalue weighted by molar-refractivity contribution is 6.31. The lowest BCUT2D eigenvalue weighted by molar-refractivity contribution is 0.137. The van der Waals surface area contributed by atoms with E-state index in [4.69, 9.17) is 22.1 Å². The van der Waals surface area contributed by atoms with Crippen molar-refractivity contribution in [2.75, 3.05) is 6.61 Å². The molecule has 1 atom stereocenters. The molecule has 3 aromatic rings. The molecule has 4 nitrogen and oxygen atoms in total. The number of pyridine rings is 2. The number of nitrogens with two attached hydrogens (primary N) is 1. The monoisotopic (exact) mass is 419 g/mol. The lowest BCUT2D eigenvalue weighted by Crippen LogP contribution is -2.43. The molecular formula is C22H24ClF2N3O. The van der Waals surface area contributed by atoms with Crippen molar-refractivity contribution < 1.29 is 13.5 Å². The summed E-state index contributed by atoms with van der Waals surface area (Å²) in [7, 11) is 0. The molecule has 0 spiro atoms. The van der Waals surface area contributed by atoms with E-state index in [2.05, 4.69) is 23.8 Å². The van der Waals surface area contributed by atoms with Crippen LogP contribution in [-0.4, -0.2) is 22.1 Å². The summed E-state index contributed by atoms with van der Waals surface area (Å²) in [6, 6.07) is 8.47. The lowest BCUT2D eigenvalue weighted by atomic mass is 9.93. The Morgan fingerprint density at radius 2 is 1.93 bits per heavy atom. The van der Waals surface area contributed by atoms with Gasteiger partial charge in [0.1, 0.15) is 6.61 Å². The quantitative estimate of drug-likeness (QED) is 0.507. The minimum Gasteiger partial charge on any atom is -0.475 e. The zero-order valence-electron chi connectivity index (χ0n) is 16.6. The van der Waals surface area contributed by atoms with E-state index in [1.54, 1.807) is 24.4 Å². The predicted molar refractivity (Wildman–Crippen MR) is 112 cm³/mol. The Morgan fingerprint density at radius 1 is 1.17 bits per heavy atom. The average Bonchev–Trinajstić information content (AvgIpc) is 2.64. The first-order valence-corrected chi connectivity index (χ1v) is 9.78. The first-order chi connectivity index (χ1) is 13.7. The fraction of sp³-hybridized carbons (Fsp3) is 0.364. The van der Waals surface area contributed by atoms with E-state index in [-0.39, 0.29) is 18.1 Å². The Morgan fingerprint density at radius 3 is 2.62 bits per heavy atom. The standard InChI is InChI=1S/C22H24ClF2N3O/c1-13(2)10-22(3,26)12-29-21-18(20(24)25)8-14(11-28-21)16-6-7-27-19-9-15(23)4-5-17(16)19/h4-9,11,13,20H,10,12,26H2,1-3H3/t22-/m0/s1. The maximum atomic E-state index is 13.7. The van der Waals surface area contributed by atoms with E-state index in [1.807, 2.05) is 13.0 Å². The number of nitrogens with zero attached hydrogens (tertiary/aromatic N) is 2. The van der Waals surface area contributed by atoms with Crippen LogP contribution in [0.15, 0.2) is 42.7 Å². The largest absolute Gasteiger partial charge is 0.475 e. The molecule has 0 fully saturated rings. The van der Waals surface area contributed by atoms with Gasteiger partial charge in [-0.3, -0.25) is 4.98 Å². The number of hydrogen-bond donors (Lipinski definition) is 1. The molecule has 7 heteroatoms. The summed E-state index contributed by atoms with van der Waals surface area (Å²) in [5.41, 5.74) is 7.32. The zero-order valence-corrected chi connectivity index (χ0v) is 17.4. The molecule has 2 N–H and O–H groups in total. The molecule has 0 unspecified atom stereocenters. The van der Waals surface area contributed by atoms with Crippen LogP contribution in [0.5, 0.6) is 5.88 Å². The molecule has 0 saturated carbocycles. The number of fused-ring (bicyclic) bond motifs is 1. The van der Waals surface area contributed by atoms with Crippen LogP contribution < -0.4 is 10.5 Å². The molecule has 0 bridgehead atoms. The number of rotatable bonds is 7. The van der Waals surface area contributed by atoms with E-state index in [9.17, 15) is 8.78 Å². The average molecular weight is 420 g/mol. The van der Waals surface area contributed by atoms with Gasteiger partial charge in [-0.15, -0.1) is 0 Å². The van der Waals surface area contributed by atoms with Crippen LogP contribution in [0.25, 0.3) is 22.0 Å². The summed E-state index contributed by atoms with van der Waals surface area (Å²) in [5, 5.41) is 1.36. The molecule has 0 aliphatic rings. The van der Waals surface area contributed by atoms with Gasteiger partial charge in [0.05, 0.1) is 11.1 Å². The minimum absolute atomic E-state index is 0.0920. The normalized spacial score (nSPS) is 13.8. The Hall–Kier alpha value is -2.31. The van der Waals surface area contributed by atoms with Crippen molar-refractivity contribution in [2.24, 2.45) is 11.7 Å². The van der Waals surface area contributed by atoms with Crippen molar-refractivity contribution in [3.8, 4) is 17.0 Å². The van der Waals surface area contributed by atoms with Gasteiger partial charge in [-0.2, -0.15) is 0 Å². The van der Waals surface area contributed by atoms with Gasteiger partial charge in [0.15, 0.2) is 0 Å². The van der Waals surface area contributed by atoms with Crippen LogP contribution in [0.4, 0.5) is 8.78 Å². The van der Waals surface area contributed by atoms with Gasteiger partial charge in [-0.05, 0) is 49.1 Å². The lowest BCUT2D eigenvalue weighted by Gasteiger charge is -2.26. The fourth-order valence-corrected chi connectivity index (χ4v) is 3.66. The Bertz CT molecular complexity index is 1010. The van der Waals surface area contributed by atoms with Crippen LogP contribution in [0.1, 0.15) is 39.2 Å².